The van der Waals surface area contributed by atoms with Gasteiger partial charge in [0.2, 0.25) is 0 Å². The summed E-state index contributed by atoms with van der Waals surface area (Å²) in [4.78, 5) is 24.7. The number of hydrogen-bond donors (Lipinski definition) is 2. The molecule has 1 amide bonds. The zero-order valence-corrected chi connectivity index (χ0v) is 15.9. The molecule has 8 nitrogen and oxygen atoms in total. The van der Waals surface area contributed by atoms with Crippen molar-refractivity contribution < 1.29 is 19.4 Å². The van der Waals surface area contributed by atoms with Crippen LogP contribution in [0.5, 0.6) is 0 Å². The minimum Gasteiger partial charge on any atom is -0.479 e. The van der Waals surface area contributed by atoms with E-state index in [9.17, 15) is 14.7 Å². The number of carboxylic acid groups (broad SMARTS) is 1. The van der Waals surface area contributed by atoms with E-state index in [0.29, 0.717) is 6.61 Å². The molecule has 1 aliphatic rings. The van der Waals surface area contributed by atoms with Crippen molar-refractivity contribution in [3.05, 3.63) is 41.7 Å². The number of aryl methyl sites for hydroxylation is 1. The molecule has 144 valence electrons. The summed E-state index contributed by atoms with van der Waals surface area (Å²) >= 11 is 0. The van der Waals surface area contributed by atoms with Crippen LogP contribution in [-0.2, 0) is 9.53 Å². The number of amides is 1. The molecule has 0 aliphatic heterocycles. The number of carbonyl (C=O) groups excluding carboxylic acids is 1. The van der Waals surface area contributed by atoms with Gasteiger partial charge in [0, 0.05) is 18.4 Å². The molecule has 3 rings (SSSR count). The highest BCUT2D eigenvalue weighted by molar-refractivity contribution is 5.97. The Kier molecular flexibility index (Phi) is 4.77. The molecule has 2 aromatic rings. The Bertz CT molecular complexity index is 859. The fraction of sp³-hybridized carbons (Fsp3) is 0.474. The maximum atomic E-state index is 12.7. The van der Waals surface area contributed by atoms with Gasteiger partial charge in [0.05, 0.1) is 18.0 Å². The van der Waals surface area contributed by atoms with Crippen molar-refractivity contribution in [1.29, 1.82) is 0 Å². The van der Waals surface area contributed by atoms with Crippen LogP contribution in [0.4, 0.5) is 0 Å². The molecule has 0 bridgehead atoms. The van der Waals surface area contributed by atoms with Crippen molar-refractivity contribution in [1.82, 2.24) is 20.3 Å². The van der Waals surface area contributed by atoms with Gasteiger partial charge in [-0.25, -0.2) is 9.48 Å². The number of nitrogens with one attached hydrogen (secondary N) is 1. The zero-order valence-electron chi connectivity index (χ0n) is 15.9. The maximum Gasteiger partial charge on any atom is 0.330 e. The number of ether oxygens (including phenoxy) is 1. The molecular formula is C19H24N4O4. The second kappa shape index (κ2) is 6.77. The summed E-state index contributed by atoms with van der Waals surface area (Å²) in [6.07, 6.45) is 1.46. The van der Waals surface area contributed by atoms with E-state index >= 15 is 0 Å². The van der Waals surface area contributed by atoms with Gasteiger partial charge in [-0.1, -0.05) is 36.8 Å². The summed E-state index contributed by atoms with van der Waals surface area (Å²) in [5, 5.41) is 20.3. The number of carboxylic acids is 1. The minimum absolute atomic E-state index is 0.0619. The van der Waals surface area contributed by atoms with Gasteiger partial charge in [0.15, 0.2) is 5.69 Å². The Morgan fingerprint density at radius 1 is 1.33 bits per heavy atom. The molecule has 27 heavy (non-hydrogen) atoms. The van der Waals surface area contributed by atoms with Crippen molar-refractivity contribution >= 4 is 11.9 Å². The SMILES string of the molecule is CCOC1CC(NC(=O)c2cn(-c3ccc(C)cc3)nn2)(C(=O)O)C1(C)C. The topological polar surface area (TPSA) is 106 Å². The van der Waals surface area contributed by atoms with Crippen LogP contribution in [0.1, 0.15) is 43.2 Å². The largest absolute Gasteiger partial charge is 0.479 e. The van der Waals surface area contributed by atoms with Crippen LogP contribution in [0, 0.1) is 12.3 Å². The van der Waals surface area contributed by atoms with Gasteiger partial charge in [0.1, 0.15) is 5.54 Å². The van der Waals surface area contributed by atoms with E-state index in [0.717, 1.165) is 11.3 Å². The number of carbonyl (C=O) groups is 2. The molecular weight excluding hydrogens is 348 g/mol. The summed E-state index contributed by atoms with van der Waals surface area (Å²) in [7, 11) is 0. The van der Waals surface area contributed by atoms with Gasteiger partial charge in [-0.05, 0) is 26.0 Å². The Hall–Kier alpha value is -2.74. The Morgan fingerprint density at radius 2 is 2.00 bits per heavy atom. The van der Waals surface area contributed by atoms with Crippen molar-refractivity contribution in [2.45, 2.75) is 45.8 Å². The molecule has 0 spiro atoms. The zero-order chi connectivity index (χ0) is 19.8. The van der Waals surface area contributed by atoms with Gasteiger partial charge < -0.3 is 15.2 Å². The van der Waals surface area contributed by atoms with Gasteiger partial charge in [-0.2, -0.15) is 0 Å². The van der Waals surface area contributed by atoms with Crippen LogP contribution in [0.3, 0.4) is 0 Å². The Labute approximate surface area is 157 Å². The van der Waals surface area contributed by atoms with Crippen LogP contribution >= 0.6 is 0 Å². The van der Waals surface area contributed by atoms with Gasteiger partial charge in [-0.15, -0.1) is 5.10 Å². The number of aliphatic carboxylic acids is 1. The van der Waals surface area contributed by atoms with E-state index < -0.39 is 22.8 Å². The number of benzene rings is 1. The first-order chi connectivity index (χ1) is 12.7. The molecule has 1 fully saturated rings. The molecule has 8 heteroatoms. The molecule has 2 atom stereocenters. The lowest BCUT2D eigenvalue weighted by atomic mass is 9.54. The summed E-state index contributed by atoms with van der Waals surface area (Å²) in [6, 6.07) is 7.60. The van der Waals surface area contributed by atoms with Crippen LogP contribution in [0.2, 0.25) is 0 Å². The number of aromatic nitrogens is 3. The maximum absolute atomic E-state index is 12.7. The smallest absolute Gasteiger partial charge is 0.330 e. The lowest BCUT2D eigenvalue weighted by molar-refractivity contribution is -0.190. The van der Waals surface area contributed by atoms with Crippen molar-refractivity contribution in [3.8, 4) is 5.69 Å². The summed E-state index contributed by atoms with van der Waals surface area (Å²) in [5.41, 5.74) is -0.224. The first-order valence-corrected chi connectivity index (χ1v) is 8.88. The van der Waals surface area contributed by atoms with Crippen molar-refractivity contribution in [3.63, 3.8) is 0 Å². The second-order valence-electron chi connectivity index (χ2n) is 7.42. The standard InChI is InChI=1S/C19H24N4O4/c1-5-27-15-10-19(17(25)26,18(15,3)4)20-16(24)14-11-23(22-21-14)13-8-6-12(2)7-9-13/h6-9,11,15H,5,10H2,1-4H3,(H,20,24)(H,25,26). The van der Waals surface area contributed by atoms with E-state index in [4.69, 9.17) is 4.74 Å². The van der Waals surface area contributed by atoms with E-state index in [1.807, 2.05) is 38.1 Å². The highest BCUT2D eigenvalue weighted by Gasteiger charge is 2.66. The second-order valence-corrected chi connectivity index (χ2v) is 7.42. The van der Waals surface area contributed by atoms with Crippen molar-refractivity contribution in [2.75, 3.05) is 6.61 Å². The monoisotopic (exact) mass is 372 g/mol. The molecule has 1 aliphatic carbocycles. The molecule has 2 unspecified atom stereocenters. The third-order valence-electron chi connectivity index (χ3n) is 5.48. The third kappa shape index (κ3) is 3.10. The quantitative estimate of drug-likeness (QED) is 0.803. The molecule has 1 saturated carbocycles. The highest BCUT2D eigenvalue weighted by atomic mass is 16.5. The first kappa shape index (κ1) is 19.0. The van der Waals surface area contributed by atoms with Gasteiger partial charge >= 0.3 is 5.97 Å². The molecule has 1 aromatic carbocycles. The Morgan fingerprint density at radius 3 is 2.56 bits per heavy atom. The van der Waals surface area contributed by atoms with Crippen LogP contribution in [-0.4, -0.2) is 50.2 Å². The normalized spacial score (nSPS) is 23.5. The van der Waals surface area contributed by atoms with Crippen molar-refractivity contribution in [2.24, 2.45) is 5.41 Å². The van der Waals surface area contributed by atoms with E-state index in [2.05, 4.69) is 15.6 Å². The number of rotatable bonds is 6. The summed E-state index contributed by atoms with van der Waals surface area (Å²) in [6.45, 7) is 7.90. The number of hydrogen-bond acceptors (Lipinski definition) is 5. The lowest BCUT2D eigenvalue weighted by Gasteiger charge is -2.58. The average molecular weight is 372 g/mol. The number of nitrogens with zero attached hydrogens (tertiary/aromatic N) is 3. The molecule has 2 N–H and O–H groups in total. The molecule has 1 heterocycles. The average Bonchev–Trinajstić information content (AvgIpc) is 3.11. The lowest BCUT2D eigenvalue weighted by Crippen LogP contribution is -2.76. The van der Waals surface area contributed by atoms with Crippen LogP contribution in [0.25, 0.3) is 5.69 Å². The van der Waals surface area contributed by atoms with E-state index in [1.54, 1.807) is 13.8 Å². The Balaban J connectivity index is 1.80. The van der Waals surface area contributed by atoms with Crippen LogP contribution in [0.15, 0.2) is 30.5 Å². The van der Waals surface area contributed by atoms with E-state index in [-0.39, 0.29) is 18.2 Å². The summed E-state index contributed by atoms with van der Waals surface area (Å²) < 4.78 is 7.09. The third-order valence-corrected chi connectivity index (χ3v) is 5.48. The van der Waals surface area contributed by atoms with Gasteiger partial charge in [0.25, 0.3) is 5.91 Å². The van der Waals surface area contributed by atoms with Crippen LogP contribution < -0.4 is 5.32 Å². The highest BCUT2D eigenvalue weighted by Crippen LogP contribution is 2.51. The molecule has 0 saturated heterocycles. The van der Waals surface area contributed by atoms with Gasteiger partial charge in [-0.3, -0.25) is 4.79 Å². The predicted octanol–water partition coefficient (Wildman–Crippen LogP) is 1.96. The minimum atomic E-state index is -1.41. The molecule has 0 radical (unpaired) electrons. The predicted molar refractivity (Wildman–Crippen MR) is 97.7 cm³/mol. The fourth-order valence-electron chi connectivity index (χ4n) is 3.49. The fourth-order valence-corrected chi connectivity index (χ4v) is 3.49. The first-order valence-electron chi connectivity index (χ1n) is 8.88. The summed E-state index contributed by atoms with van der Waals surface area (Å²) in [5.74, 6) is -1.65. The van der Waals surface area contributed by atoms with E-state index in [1.165, 1.54) is 10.9 Å². The molecule has 1 aromatic heterocycles.